The summed E-state index contributed by atoms with van der Waals surface area (Å²) < 4.78 is 39.1. The summed E-state index contributed by atoms with van der Waals surface area (Å²) in [5.74, 6) is -0.613. The first-order valence-corrected chi connectivity index (χ1v) is 7.38. The van der Waals surface area contributed by atoms with Crippen LogP contribution < -0.4 is 10.6 Å². The minimum Gasteiger partial charge on any atom is -0.354 e. The average molecular weight is 326 g/mol. The fraction of sp³-hybridized carbons (Fsp3) is 0.353. The van der Waals surface area contributed by atoms with Gasteiger partial charge in [-0.25, -0.2) is 0 Å². The molecule has 1 rings (SSSR count). The second-order valence-corrected chi connectivity index (χ2v) is 4.88. The van der Waals surface area contributed by atoms with Crippen LogP contribution in [0.2, 0.25) is 0 Å². The van der Waals surface area contributed by atoms with Crippen LogP contribution in [0, 0.1) is 0 Å². The number of allylic oxidation sites excluding steroid dienone is 3. The fourth-order valence-electron chi connectivity index (χ4n) is 1.95. The number of halogens is 3. The van der Waals surface area contributed by atoms with Crippen molar-refractivity contribution in [2.75, 3.05) is 12.4 Å². The van der Waals surface area contributed by atoms with Gasteiger partial charge in [0.25, 0.3) is 5.91 Å². The lowest BCUT2D eigenvalue weighted by Gasteiger charge is -2.14. The fourth-order valence-corrected chi connectivity index (χ4v) is 1.95. The number of carbonyl (C=O) groups is 1. The summed E-state index contributed by atoms with van der Waals surface area (Å²) in [6.07, 6.45) is -1.62. The Morgan fingerprint density at radius 1 is 1.26 bits per heavy atom. The minimum absolute atomic E-state index is 0.155. The zero-order valence-electron chi connectivity index (χ0n) is 13.4. The summed E-state index contributed by atoms with van der Waals surface area (Å²) in [7, 11) is 1.37. The molecule has 1 aromatic carbocycles. The minimum atomic E-state index is -4.51. The Morgan fingerprint density at radius 3 is 2.48 bits per heavy atom. The lowest BCUT2D eigenvalue weighted by molar-refractivity contribution is -0.116. The van der Waals surface area contributed by atoms with Crippen LogP contribution in [0.1, 0.15) is 25.8 Å². The van der Waals surface area contributed by atoms with Crippen LogP contribution in [-0.4, -0.2) is 19.1 Å². The molecular formula is C17H21F3N2O. The molecule has 23 heavy (non-hydrogen) atoms. The third kappa shape index (κ3) is 5.81. The van der Waals surface area contributed by atoms with Crippen molar-refractivity contribution < 1.29 is 18.0 Å². The van der Waals surface area contributed by atoms with Gasteiger partial charge in [0.15, 0.2) is 0 Å². The largest absolute Gasteiger partial charge is 0.416 e. The first-order valence-electron chi connectivity index (χ1n) is 7.38. The van der Waals surface area contributed by atoms with Crippen LogP contribution >= 0.6 is 0 Å². The van der Waals surface area contributed by atoms with E-state index < -0.39 is 17.7 Å². The third-order valence-corrected chi connectivity index (χ3v) is 3.14. The van der Waals surface area contributed by atoms with Gasteiger partial charge in [0.05, 0.1) is 5.57 Å². The van der Waals surface area contributed by atoms with Crippen LogP contribution in [0.5, 0.6) is 0 Å². The van der Waals surface area contributed by atoms with Gasteiger partial charge in [0.1, 0.15) is 5.70 Å². The van der Waals surface area contributed by atoms with Gasteiger partial charge in [0, 0.05) is 12.7 Å². The monoisotopic (exact) mass is 326 g/mol. The first kappa shape index (κ1) is 18.8. The van der Waals surface area contributed by atoms with E-state index in [1.54, 1.807) is 25.1 Å². The Bertz CT molecular complexity index is 604. The van der Waals surface area contributed by atoms with Crippen LogP contribution in [-0.2, 0) is 11.2 Å². The molecule has 0 aromatic heterocycles. The molecule has 0 spiro atoms. The molecule has 1 aromatic rings. The Kier molecular flexibility index (Phi) is 6.88. The topological polar surface area (TPSA) is 41.1 Å². The number of hydrogen-bond acceptors (Lipinski definition) is 2. The predicted octanol–water partition coefficient (Wildman–Crippen LogP) is 4.19. The van der Waals surface area contributed by atoms with E-state index in [9.17, 15) is 18.0 Å². The van der Waals surface area contributed by atoms with Gasteiger partial charge in [-0.3, -0.25) is 4.79 Å². The van der Waals surface area contributed by atoms with E-state index in [1.165, 1.54) is 7.05 Å². The molecule has 0 unspecified atom stereocenters. The molecule has 6 heteroatoms. The summed E-state index contributed by atoms with van der Waals surface area (Å²) in [5.41, 5.74) is 0.583. The maximum absolute atomic E-state index is 13.0. The standard InChI is InChI=1S/C17H21F3N2O/c1-4-7-13(17(18,19)20)11-15(16(23)21-3)22-14-9-6-8-12(5-2)10-14/h6-11,22H,4-5H2,1-3H3,(H,21,23)/b13-7-,15-11-. The lowest BCUT2D eigenvalue weighted by Crippen LogP contribution is -2.25. The smallest absolute Gasteiger partial charge is 0.354 e. The molecule has 2 N–H and O–H groups in total. The zero-order valence-corrected chi connectivity index (χ0v) is 13.4. The van der Waals surface area contributed by atoms with Gasteiger partial charge in [0.2, 0.25) is 0 Å². The highest BCUT2D eigenvalue weighted by Crippen LogP contribution is 2.28. The van der Waals surface area contributed by atoms with Crippen molar-refractivity contribution in [3.63, 3.8) is 0 Å². The number of rotatable bonds is 6. The maximum atomic E-state index is 13.0. The van der Waals surface area contributed by atoms with Crippen molar-refractivity contribution in [3.8, 4) is 0 Å². The predicted molar refractivity (Wildman–Crippen MR) is 86.0 cm³/mol. The molecule has 0 radical (unpaired) electrons. The number of benzene rings is 1. The zero-order chi connectivity index (χ0) is 17.5. The number of amides is 1. The molecule has 126 valence electrons. The van der Waals surface area contributed by atoms with Gasteiger partial charge in [-0.05, 0) is 36.6 Å². The molecule has 0 atom stereocenters. The highest BCUT2D eigenvalue weighted by Gasteiger charge is 2.32. The molecular weight excluding hydrogens is 305 g/mol. The van der Waals surface area contributed by atoms with Gasteiger partial charge >= 0.3 is 6.18 Å². The number of carbonyl (C=O) groups excluding carboxylic acids is 1. The van der Waals surface area contributed by atoms with Crippen LogP contribution in [0.4, 0.5) is 18.9 Å². The number of likely N-dealkylation sites (N-methyl/N-ethyl adjacent to an activating group) is 1. The number of aryl methyl sites for hydroxylation is 1. The molecule has 0 heterocycles. The van der Waals surface area contributed by atoms with Crippen molar-refractivity contribution in [2.45, 2.75) is 32.9 Å². The van der Waals surface area contributed by atoms with E-state index >= 15 is 0 Å². The molecule has 3 nitrogen and oxygen atoms in total. The summed E-state index contributed by atoms with van der Waals surface area (Å²) in [4.78, 5) is 11.9. The van der Waals surface area contributed by atoms with Gasteiger partial charge in [-0.15, -0.1) is 0 Å². The Balaban J connectivity index is 3.20. The molecule has 0 aliphatic carbocycles. The van der Waals surface area contributed by atoms with E-state index in [-0.39, 0.29) is 12.1 Å². The molecule has 0 fully saturated rings. The van der Waals surface area contributed by atoms with Crippen molar-refractivity contribution >= 4 is 11.6 Å². The first-order chi connectivity index (χ1) is 10.8. The Labute approximate surface area is 134 Å². The summed E-state index contributed by atoms with van der Waals surface area (Å²) in [6, 6.07) is 7.20. The molecule has 0 aliphatic rings. The highest BCUT2D eigenvalue weighted by molar-refractivity contribution is 5.96. The van der Waals surface area contributed by atoms with Crippen molar-refractivity contribution in [1.82, 2.24) is 5.32 Å². The quantitative estimate of drug-likeness (QED) is 0.608. The van der Waals surface area contributed by atoms with Crippen molar-refractivity contribution in [1.29, 1.82) is 0 Å². The summed E-state index contributed by atoms with van der Waals surface area (Å²) >= 11 is 0. The van der Waals surface area contributed by atoms with E-state index in [4.69, 9.17) is 0 Å². The molecule has 0 aliphatic heterocycles. The van der Waals surface area contributed by atoms with E-state index in [1.807, 2.05) is 13.0 Å². The normalized spacial score (nSPS) is 13.0. The average Bonchev–Trinajstić information content (AvgIpc) is 2.52. The van der Waals surface area contributed by atoms with Crippen LogP contribution in [0.15, 0.2) is 47.7 Å². The number of hydrogen-bond donors (Lipinski definition) is 2. The third-order valence-electron chi connectivity index (χ3n) is 3.14. The summed E-state index contributed by atoms with van der Waals surface area (Å²) in [5, 5.41) is 5.12. The Hall–Kier alpha value is -2.24. The molecule has 0 bridgehead atoms. The van der Waals surface area contributed by atoms with Crippen molar-refractivity contribution in [2.24, 2.45) is 0 Å². The maximum Gasteiger partial charge on any atom is 0.416 e. The van der Waals surface area contributed by atoms with Gasteiger partial charge in [-0.2, -0.15) is 13.2 Å². The highest BCUT2D eigenvalue weighted by atomic mass is 19.4. The second-order valence-electron chi connectivity index (χ2n) is 4.88. The number of alkyl halides is 3. The number of anilines is 1. The van der Waals surface area contributed by atoms with Gasteiger partial charge in [-0.1, -0.05) is 32.1 Å². The second kappa shape index (κ2) is 8.41. The SMILES string of the molecule is CC/C=C(/C=C(\Nc1cccc(CC)c1)C(=O)NC)C(F)(F)F. The van der Waals surface area contributed by atoms with E-state index in [0.29, 0.717) is 5.69 Å². The summed E-state index contributed by atoms with van der Waals surface area (Å²) in [6.45, 7) is 3.58. The van der Waals surface area contributed by atoms with E-state index in [0.717, 1.165) is 24.1 Å². The van der Waals surface area contributed by atoms with E-state index in [2.05, 4.69) is 10.6 Å². The lowest BCUT2D eigenvalue weighted by atomic mass is 10.1. The van der Waals surface area contributed by atoms with Crippen LogP contribution in [0.3, 0.4) is 0 Å². The molecule has 1 amide bonds. The van der Waals surface area contributed by atoms with Crippen LogP contribution in [0.25, 0.3) is 0 Å². The Morgan fingerprint density at radius 2 is 1.96 bits per heavy atom. The van der Waals surface area contributed by atoms with Gasteiger partial charge < -0.3 is 10.6 Å². The number of nitrogens with one attached hydrogen (secondary N) is 2. The molecule has 0 saturated carbocycles. The molecule has 0 saturated heterocycles. The van der Waals surface area contributed by atoms with Crippen molar-refractivity contribution in [3.05, 3.63) is 53.3 Å².